The van der Waals surface area contributed by atoms with Crippen LogP contribution in [0.3, 0.4) is 0 Å². The van der Waals surface area contributed by atoms with Crippen LogP contribution >= 0.6 is 27.5 Å². The molecule has 14 heavy (non-hydrogen) atoms. The third-order valence-corrected chi connectivity index (χ3v) is 2.43. The van der Waals surface area contributed by atoms with Crippen molar-refractivity contribution >= 4 is 33.5 Å². The molecule has 6 heteroatoms. The summed E-state index contributed by atoms with van der Waals surface area (Å²) in [4.78, 5) is 10.3. The van der Waals surface area contributed by atoms with Crippen molar-refractivity contribution in [2.45, 2.75) is 5.92 Å². The number of alkyl halides is 2. The van der Waals surface area contributed by atoms with E-state index < -0.39 is 17.5 Å². The van der Waals surface area contributed by atoms with Crippen LogP contribution in [0.1, 0.15) is 5.56 Å². The van der Waals surface area contributed by atoms with E-state index in [-0.39, 0.29) is 9.50 Å². The van der Waals surface area contributed by atoms with Gasteiger partial charge in [-0.3, -0.25) is 0 Å². The van der Waals surface area contributed by atoms with E-state index in [2.05, 4.69) is 15.9 Å². The lowest BCUT2D eigenvalue weighted by Gasteiger charge is -2.13. The van der Waals surface area contributed by atoms with Gasteiger partial charge in [0.1, 0.15) is 0 Å². The molecule has 0 aromatic heterocycles. The highest BCUT2D eigenvalue weighted by Crippen LogP contribution is 2.35. The first-order valence-electron chi connectivity index (χ1n) is 3.42. The third-order valence-electron chi connectivity index (χ3n) is 1.54. The molecular formula is C8H4BrClF2O2. The summed E-state index contributed by atoms with van der Waals surface area (Å²) in [7, 11) is 0. The normalized spacial score (nSPS) is 11.4. The van der Waals surface area contributed by atoms with Crippen LogP contribution in [0.4, 0.5) is 8.78 Å². The number of carboxylic acid groups (broad SMARTS) is 1. The number of hydrogen-bond donors (Lipinski definition) is 1. The minimum atomic E-state index is -3.91. The van der Waals surface area contributed by atoms with Gasteiger partial charge in [-0.15, -0.1) is 0 Å². The zero-order valence-corrected chi connectivity index (χ0v) is 8.94. The number of benzene rings is 1. The monoisotopic (exact) mass is 284 g/mol. The summed E-state index contributed by atoms with van der Waals surface area (Å²) in [5.41, 5.74) is -0.616. The van der Waals surface area contributed by atoms with E-state index in [9.17, 15) is 13.6 Å². The first-order valence-corrected chi connectivity index (χ1v) is 4.59. The van der Waals surface area contributed by atoms with Crippen molar-refractivity contribution < 1.29 is 18.7 Å². The van der Waals surface area contributed by atoms with Gasteiger partial charge in [-0.05, 0) is 18.2 Å². The number of carboxylic acids is 1. The molecule has 0 radical (unpaired) electrons. The lowest BCUT2D eigenvalue weighted by molar-refractivity contribution is -0.166. The van der Waals surface area contributed by atoms with Gasteiger partial charge < -0.3 is 5.11 Å². The summed E-state index contributed by atoms with van der Waals surface area (Å²) < 4.78 is 26.0. The lowest BCUT2D eigenvalue weighted by atomic mass is 10.1. The van der Waals surface area contributed by atoms with Crippen LogP contribution in [-0.4, -0.2) is 11.1 Å². The fourth-order valence-corrected chi connectivity index (χ4v) is 1.79. The molecule has 1 rings (SSSR count). The van der Waals surface area contributed by atoms with Gasteiger partial charge in [0.25, 0.3) is 0 Å². The van der Waals surface area contributed by atoms with Crippen LogP contribution in [0.5, 0.6) is 0 Å². The van der Waals surface area contributed by atoms with Crippen LogP contribution in [-0.2, 0) is 10.7 Å². The second-order valence-electron chi connectivity index (χ2n) is 2.50. The smallest absolute Gasteiger partial charge is 0.379 e. The Hall–Kier alpha value is -0.680. The van der Waals surface area contributed by atoms with Crippen molar-refractivity contribution in [3.8, 4) is 0 Å². The summed E-state index contributed by atoms with van der Waals surface area (Å²) in [5, 5.41) is 8.54. The maximum Gasteiger partial charge on any atom is 0.379 e. The molecule has 0 aliphatic heterocycles. The Bertz CT molecular complexity index is 382. The van der Waals surface area contributed by atoms with E-state index in [4.69, 9.17) is 16.7 Å². The van der Waals surface area contributed by atoms with Crippen molar-refractivity contribution in [1.82, 2.24) is 0 Å². The topological polar surface area (TPSA) is 37.3 Å². The summed E-state index contributed by atoms with van der Waals surface area (Å²) in [6.45, 7) is 0. The second kappa shape index (κ2) is 3.82. The third kappa shape index (κ3) is 2.04. The van der Waals surface area contributed by atoms with Gasteiger partial charge in [-0.25, -0.2) is 4.79 Å². The molecule has 0 saturated carbocycles. The Kier molecular flexibility index (Phi) is 3.11. The second-order valence-corrected chi connectivity index (χ2v) is 3.79. The highest BCUT2D eigenvalue weighted by molar-refractivity contribution is 9.10. The van der Waals surface area contributed by atoms with Gasteiger partial charge in [0.15, 0.2) is 0 Å². The van der Waals surface area contributed by atoms with Gasteiger partial charge in [0.2, 0.25) is 0 Å². The molecular weight excluding hydrogens is 281 g/mol. The van der Waals surface area contributed by atoms with E-state index in [1.807, 2.05) is 0 Å². The average molecular weight is 285 g/mol. The largest absolute Gasteiger partial charge is 0.477 e. The summed E-state index contributed by atoms with van der Waals surface area (Å²) >= 11 is 8.35. The van der Waals surface area contributed by atoms with Crippen LogP contribution < -0.4 is 0 Å². The molecule has 76 valence electrons. The van der Waals surface area contributed by atoms with Crippen molar-refractivity contribution in [1.29, 1.82) is 0 Å². The number of halogens is 4. The van der Waals surface area contributed by atoms with E-state index in [1.54, 1.807) is 0 Å². The molecule has 0 amide bonds. The number of carbonyl (C=O) groups is 1. The quantitative estimate of drug-likeness (QED) is 0.905. The van der Waals surface area contributed by atoms with Gasteiger partial charge in [0, 0.05) is 15.1 Å². The molecule has 0 heterocycles. The summed E-state index contributed by atoms with van der Waals surface area (Å²) in [6.07, 6.45) is 0. The van der Waals surface area contributed by atoms with E-state index >= 15 is 0 Å². The minimum absolute atomic E-state index is 0.0302. The van der Waals surface area contributed by atoms with E-state index in [1.165, 1.54) is 12.1 Å². The SMILES string of the molecule is O=C(O)C(F)(F)c1ccc(Cl)cc1Br. The Labute approximate surface area is 91.6 Å². The summed E-state index contributed by atoms with van der Waals surface area (Å²) in [6, 6.07) is 3.40. The molecule has 0 saturated heterocycles. The van der Waals surface area contributed by atoms with Crippen LogP contribution in [0.2, 0.25) is 5.02 Å². The molecule has 0 bridgehead atoms. The molecule has 0 aliphatic carbocycles. The minimum Gasteiger partial charge on any atom is -0.477 e. The molecule has 0 fully saturated rings. The van der Waals surface area contributed by atoms with Gasteiger partial charge >= 0.3 is 11.9 Å². The Morgan fingerprint density at radius 2 is 2.07 bits per heavy atom. The van der Waals surface area contributed by atoms with Gasteiger partial charge in [0.05, 0.1) is 0 Å². The fraction of sp³-hybridized carbons (Fsp3) is 0.125. The number of rotatable bonds is 2. The van der Waals surface area contributed by atoms with Crippen molar-refractivity contribution in [3.63, 3.8) is 0 Å². The maximum absolute atomic E-state index is 13.0. The lowest BCUT2D eigenvalue weighted by Crippen LogP contribution is -2.25. The summed E-state index contributed by atoms with van der Waals surface area (Å²) in [5.74, 6) is -6.11. The molecule has 1 aromatic rings. The van der Waals surface area contributed by atoms with E-state index in [0.29, 0.717) is 0 Å². The predicted molar refractivity (Wildman–Crippen MR) is 50.7 cm³/mol. The molecule has 0 aliphatic rings. The van der Waals surface area contributed by atoms with Crippen molar-refractivity contribution in [2.75, 3.05) is 0 Å². The van der Waals surface area contributed by atoms with Crippen LogP contribution in [0.15, 0.2) is 22.7 Å². The number of aliphatic carboxylic acids is 1. The Morgan fingerprint density at radius 3 is 2.50 bits per heavy atom. The first-order chi connectivity index (χ1) is 6.35. The van der Waals surface area contributed by atoms with Crippen molar-refractivity contribution in [3.05, 3.63) is 33.3 Å². The van der Waals surface area contributed by atoms with Gasteiger partial charge in [-0.1, -0.05) is 27.5 Å². The average Bonchev–Trinajstić information content (AvgIpc) is 2.02. The first kappa shape index (κ1) is 11.4. The van der Waals surface area contributed by atoms with Crippen LogP contribution in [0.25, 0.3) is 0 Å². The maximum atomic E-state index is 13.0. The standard InChI is InChI=1S/C8H4BrClF2O2/c9-6-3-4(10)1-2-5(6)8(11,12)7(13)14/h1-3H,(H,13,14). The number of hydrogen-bond acceptors (Lipinski definition) is 1. The molecule has 2 nitrogen and oxygen atoms in total. The predicted octanol–water partition coefficient (Wildman–Crippen LogP) is 3.28. The zero-order chi connectivity index (χ0) is 10.9. The zero-order valence-electron chi connectivity index (χ0n) is 6.60. The van der Waals surface area contributed by atoms with Crippen LogP contribution in [0, 0.1) is 0 Å². The van der Waals surface area contributed by atoms with Crippen molar-refractivity contribution in [2.24, 2.45) is 0 Å². The fourth-order valence-electron chi connectivity index (χ4n) is 0.859. The molecule has 0 spiro atoms. The molecule has 1 N–H and O–H groups in total. The molecule has 0 atom stereocenters. The molecule has 1 aromatic carbocycles. The Balaban J connectivity index is 3.26. The highest BCUT2D eigenvalue weighted by atomic mass is 79.9. The molecule has 0 unspecified atom stereocenters. The Morgan fingerprint density at radius 1 is 1.50 bits per heavy atom. The van der Waals surface area contributed by atoms with Gasteiger partial charge in [-0.2, -0.15) is 8.78 Å². The van der Waals surface area contributed by atoms with E-state index in [0.717, 1.165) is 6.07 Å². The highest BCUT2D eigenvalue weighted by Gasteiger charge is 2.42.